The minimum atomic E-state index is -0.367. The lowest BCUT2D eigenvalue weighted by molar-refractivity contribution is -0.150. The minimum Gasteiger partial charge on any atom is -0.484 e. The van der Waals surface area contributed by atoms with Crippen molar-refractivity contribution in [2.45, 2.75) is 32.7 Å². The van der Waals surface area contributed by atoms with Gasteiger partial charge in [-0.25, -0.2) is 0 Å². The van der Waals surface area contributed by atoms with Gasteiger partial charge in [-0.1, -0.05) is 18.2 Å². The number of hydrogen-bond acceptors (Lipinski definition) is 4. The fourth-order valence-electron chi connectivity index (χ4n) is 2.09. The zero-order valence-electron chi connectivity index (χ0n) is 12.5. The van der Waals surface area contributed by atoms with Crippen molar-refractivity contribution in [1.82, 2.24) is 4.90 Å². The van der Waals surface area contributed by atoms with Crippen LogP contribution < -0.4 is 4.74 Å². The molecule has 0 radical (unpaired) electrons. The Hall–Kier alpha value is -2.04. The summed E-state index contributed by atoms with van der Waals surface area (Å²) in [6, 6.07) is 7.69. The number of aryl methyl sites for hydroxylation is 1. The normalized spacial score (nSPS) is 13.6. The Balaban J connectivity index is 1.90. The average Bonchev–Trinajstić information content (AvgIpc) is 3.28. The highest BCUT2D eigenvalue weighted by molar-refractivity contribution is 5.83. The molecular weight excluding hydrogens is 270 g/mol. The first-order valence-electron chi connectivity index (χ1n) is 7.25. The van der Waals surface area contributed by atoms with Crippen LogP contribution in [0.1, 0.15) is 25.3 Å². The van der Waals surface area contributed by atoms with E-state index in [9.17, 15) is 9.59 Å². The van der Waals surface area contributed by atoms with Crippen LogP contribution in [0.25, 0.3) is 0 Å². The molecule has 0 bridgehead atoms. The second-order valence-electron chi connectivity index (χ2n) is 5.11. The van der Waals surface area contributed by atoms with E-state index in [4.69, 9.17) is 9.47 Å². The third-order valence-corrected chi connectivity index (χ3v) is 3.36. The molecule has 0 aliphatic heterocycles. The number of hydrogen-bond donors (Lipinski definition) is 0. The number of benzene rings is 1. The first-order chi connectivity index (χ1) is 10.1. The second-order valence-corrected chi connectivity index (χ2v) is 5.11. The third kappa shape index (κ3) is 4.48. The topological polar surface area (TPSA) is 55.8 Å². The maximum atomic E-state index is 12.2. The predicted octanol–water partition coefficient (Wildman–Crippen LogP) is 1.93. The van der Waals surface area contributed by atoms with Crippen LogP contribution in [0.2, 0.25) is 0 Å². The van der Waals surface area contributed by atoms with Gasteiger partial charge in [-0.05, 0) is 38.3 Å². The number of nitrogens with zero attached hydrogens (tertiary/aromatic N) is 1. The zero-order valence-corrected chi connectivity index (χ0v) is 12.5. The Kier molecular flexibility index (Phi) is 5.20. The van der Waals surface area contributed by atoms with E-state index in [0.29, 0.717) is 12.4 Å². The van der Waals surface area contributed by atoms with Crippen LogP contribution in [-0.4, -0.2) is 42.6 Å². The van der Waals surface area contributed by atoms with E-state index in [-0.39, 0.29) is 31.1 Å². The first-order valence-corrected chi connectivity index (χ1v) is 7.25. The number of carbonyl (C=O) groups is 2. The highest BCUT2D eigenvalue weighted by Crippen LogP contribution is 2.27. The second kappa shape index (κ2) is 7.11. The van der Waals surface area contributed by atoms with Gasteiger partial charge in [-0.2, -0.15) is 0 Å². The van der Waals surface area contributed by atoms with Gasteiger partial charge < -0.3 is 14.4 Å². The van der Waals surface area contributed by atoms with Crippen molar-refractivity contribution in [1.29, 1.82) is 0 Å². The molecular formula is C16H21NO4. The van der Waals surface area contributed by atoms with Crippen LogP contribution in [0.4, 0.5) is 0 Å². The van der Waals surface area contributed by atoms with E-state index in [1.165, 1.54) is 0 Å². The summed E-state index contributed by atoms with van der Waals surface area (Å²) >= 11 is 0. The number of rotatable bonds is 7. The standard InChI is InChI=1S/C16H21NO4/c1-3-20-16(19)10-17(13-8-9-13)15(18)11-21-14-7-5-4-6-12(14)2/h4-7,13H,3,8-11H2,1-2H3. The first kappa shape index (κ1) is 15.4. The summed E-state index contributed by atoms with van der Waals surface area (Å²) in [6.07, 6.45) is 1.88. The van der Waals surface area contributed by atoms with E-state index in [1.54, 1.807) is 11.8 Å². The summed E-state index contributed by atoms with van der Waals surface area (Å²) in [5, 5.41) is 0. The molecule has 0 N–H and O–H groups in total. The van der Waals surface area contributed by atoms with Gasteiger partial charge in [0.1, 0.15) is 12.3 Å². The summed E-state index contributed by atoms with van der Waals surface area (Å²) in [5.74, 6) is 0.153. The molecule has 21 heavy (non-hydrogen) atoms. The van der Waals surface area contributed by atoms with E-state index < -0.39 is 0 Å². The van der Waals surface area contributed by atoms with Gasteiger partial charge in [0.15, 0.2) is 6.61 Å². The van der Waals surface area contributed by atoms with E-state index in [0.717, 1.165) is 18.4 Å². The quantitative estimate of drug-likeness (QED) is 0.720. The van der Waals surface area contributed by atoms with Gasteiger partial charge in [0, 0.05) is 6.04 Å². The van der Waals surface area contributed by atoms with Crippen LogP contribution in [-0.2, 0) is 14.3 Å². The molecule has 114 valence electrons. The van der Waals surface area contributed by atoms with Crippen molar-refractivity contribution >= 4 is 11.9 Å². The monoisotopic (exact) mass is 291 g/mol. The largest absolute Gasteiger partial charge is 0.484 e. The molecule has 1 fully saturated rings. The smallest absolute Gasteiger partial charge is 0.325 e. The van der Waals surface area contributed by atoms with Crippen molar-refractivity contribution in [3.05, 3.63) is 29.8 Å². The van der Waals surface area contributed by atoms with Gasteiger partial charge in [0.2, 0.25) is 0 Å². The molecule has 2 rings (SSSR count). The van der Waals surface area contributed by atoms with E-state index in [2.05, 4.69) is 0 Å². The molecule has 1 saturated carbocycles. The molecule has 0 saturated heterocycles. The average molecular weight is 291 g/mol. The fourth-order valence-corrected chi connectivity index (χ4v) is 2.09. The van der Waals surface area contributed by atoms with Gasteiger partial charge in [-0.15, -0.1) is 0 Å². The fraction of sp³-hybridized carbons (Fsp3) is 0.500. The predicted molar refractivity (Wildman–Crippen MR) is 78.0 cm³/mol. The SMILES string of the molecule is CCOC(=O)CN(C(=O)COc1ccccc1C)C1CC1. The highest BCUT2D eigenvalue weighted by Gasteiger charge is 2.34. The van der Waals surface area contributed by atoms with Crippen molar-refractivity contribution in [2.75, 3.05) is 19.8 Å². The molecule has 1 aromatic rings. The van der Waals surface area contributed by atoms with E-state index >= 15 is 0 Å². The number of carbonyl (C=O) groups excluding carboxylic acids is 2. The molecule has 5 nitrogen and oxygen atoms in total. The van der Waals surface area contributed by atoms with Crippen molar-refractivity contribution < 1.29 is 19.1 Å². The lowest BCUT2D eigenvalue weighted by atomic mass is 10.2. The van der Waals surface area contributed by atoms with Crippen LogP contribution >= 0.6 is 0 Å². The highest BCUT2D eigenvalue weighted by atomic mass is 16.5. The molecule has 0 aromatic heterocycles. The lowest BCUT2D eigenvalue weighted by Gasteiger charge is -2.21. The number of para-hydroxylation sites is 1. The Labute approximate surface area is 124 Å². The van der Waals surface area contributed by atoms with Gasteiger partial charge >= 0.3 is 5.97 Å². The molecule has 0 unspecified atom stereocenters. The summed E-state index contributed by atoms with van der Waals surface area (Å²) in [6.45, 7) is 3.96. The molecule has 1 amide bonds. The zero-order chi connectivity index (χ0) is 15.2. The number of esters is 1. The van der Waals surface area contributed by atoms with Gasteiger partial charge in [0.05, 0.1) is 6.61 Å². The van der Waals surface area contributed by atoms with Gasteiger partial charge in [-0.3, -0.25) is 9.59 Å². The third-order valence-electron chi connectivity index (χ3n) is 3.36. The molecule has 0 atom stereocenters. The van der Waals surface area contributed by atoms with E-state index in [1.807, 2.05) is 31.2 Å². The molecule has 0 spiro atoms. The van der Waals surface area contributed by atoms with Gasteiger partial charge in [0.25, 0.3) is 5.91 Å². The Morgan fingerprint density at radius 3 is 2.62 bits per heavy atom. The van der Waals surface area contributed by atoms with Crippen molar-refractivity contribution in [3.8, 4) is 5.75 Å². The summed E-state index contributed by atoms with van der Waals surface area (Å²) < 4.78 is 10.5. The molecule has 1 aliphatic rings. The van der Waals surface area contributed by atoms with Crippen LogP contribution in [0.5, 0.6) is 5.75 Å². The Bertz CT molecular complexity index is 511. The summed E-state index contributed by atoms with van der Waals surface area (Å²) in [5.41, 5.74) is 0.980. The molecule has 5 heteroatoms. The maximum absolute atomic E-state index is 12.2. The van der Waals surface area contributed by atoms with Crippen LogP contribution in [0.3, 0.4) is 0 Å². The van der Waals surface area contributed by atoms with Crippen LogP contribution in [0.15, 0.2) is 24.3 Å². The molecule has 0 heterocycles. The van der Waals surface area contributed by atoms with Crippen molar-refractivity contribution in [3.63, 3.8) is 0 Å². The minimum absolute atomic E-state index is 0.00840. The molecule has 1 aromatic carbocycles. The van der Waals surface area contributed by atoms with Crippen LogP contribution in [0, 0.1) is 6.92 Å². The maximum Gasteiger partial charge on any atom is 0.325 e. The summed E-state index contributed by atoms with van der Waals surface area (Å²) in [4.78, 5) is 25.4. The number of ether oxygens (including phenoxy) is 2. The Morgan fingerprint density at radius 1 is 1.29 bits per heavy atom. The molecule has 1 aliphatic carbocycles. The number of amides is 1. The Morgan fingerprint density at radius 2 is 2.00 bits per heavy atom. The lowest BCUT2D eigenvalue weighted by Crippen LogP contribution is -2.40. The van der Waals surface area contributed by atoms with Crippen molar-refractivity contribution in [2.24, 2.45) is 0 Å². The summed E-state index contributed by atoms with van der Waals surface area (Å²) in [7, 11) is 0.